The van der Waals surface area contributed by atoms with Gasteiger partial charge in [-0.3, -0.25) is 0 Å². The fourth-order valence-corrected chi connectivity index (χ4v) is 0.802. The van der Waals surface area contributed by atoms with E-state index in [9.17, 15) is 9.18 Å². The van der Waals surface area contributed by atoms with E-state index in [4.69, 9.17) is 5.73 Å². The number of carbonyl (C=O) groups is 1. The van der Waals surface area contributed by atoms with Crippen molar-refractivity contribution in [2.75, 3.05) is 12.8 Å². The van der Waals surface area contributed by atoms with Crippen LogP contribution in [-0.4, -0.2) is 13.1 Å². The summed E-state index contributed by atoms with van der Waals surface area (Å²) in [5.74, 6) is 3.19. The molecule has 0 spiro atoms. The van der Waals surface area contributed by atoms with Gasteiger partial charge in [-0.05, 0) is 18.2 Å². The number of hydrogen-bond donors (Lipinski definition) is 1. The van der Waals surface area contributed by atoms with Crippen molar-refractivity contribution in [1.29, 1.82) is 0 Å². The molecule has 0 radical (unpaired) electrons. The molecule has 3 nitrogen and oxygen atoms in total. The molecule has 0 heterocycles. The van der Waals surface area contributed by atoms with Crippen molar-refractivity contribution in [1.82, 2.24) is 0 Å². The van der Waals surface area contributed by atoms with Crippen molar-refractivity contribution in [2.45, 2.75) is 0 Å². The van der Waals surface area contributed by atoms with Gasteiger partial charge in [-0.25, -0.2) is 9.18 Å². The fraction of sp³-hybridized carbons (Fsp3) is 0.100. The number of nitrogen functional groups attached to an aromatic ring is 1. The van der Waals surface area contributed by atoms with E-state index in [1.54, 1.807) is 0 Å². The second kappa shape index (κ2) is 4.28. The maximum atomic E-state index is 13.1. The molecule has 72 valence electrons. The monoisotopic (exact) mass is 193 g/mol. The molecule has 0 aromatic heterocycles. The molecule has 0 aliphatic rings. The van der Waals surface area contributed by atoms with Gasteiger partial charge in [0.2, 0.25) is 0 Å². The zero-order chi connectivity index (χ0) is 10.6. The van der Waals surface area contributed by atoms with Crippen LogP contribution in [0.1, 0.15) is 5.56 Å². The molecule has 0 fully saturated rings. The number of nitrogens with two attached hydrogens (primary N) is 1. The van der Waals surface area contributed by atoms with E-state index in [2.05, 4.69) is 16.6 Å². The molecule has 0 saturated heterocycles. The third-order valence-corrected chi connectivity index (χ3v) is 1.48. The molecular weight excluding hydrogens is 185 g/mol. The van der Waals surface area contributed by atoms with Crippen molar-refractivity contribution in [3.8, 4) is 11.8 Å². The van der Waals surface area contributed by atoms with Crippen molar-refractivity contribution in [3.05, 3.63) is 29.6 Å². The minimum atomic E-state index is -0.707. The van der Waals surface area contributed by atoms with E-state index in [-0.39, 0.29) is 5.56 Å². The number of methoxy groups -OCH3 is 1. The lowest BCUT2D eigenvalue weighted by Gasteiger charge is -1.95. The predicted octanol–water partition coefficient (Wildman–Crippen LogP) is 0.932. The zero-order valence-corrected chi connectivity index (χ0v) is 7.50. The van der Waals surface area contributed by atoms with Gasteiger partial charge in [0.25, 0.3) is 0 Å². The molecule has 2 N–H and O–H groups in total. The number of ether oxygens (including phenoxy) is 1. The fourth-order valence-electron chi connectivity index (χ4n) is 0.802. The van der Waals surface area contributed by atoms with Gasteiger partial charge >= 0.3 is 5.97 Å². The Morgan fingerprint density at radius 3 is 2.86 bits per heavy atom. The largest absolute Gasteiger partial charge is 0.459 e. The lowest BCUT2D eigenvalue weighted by Crippen LogP contribution is -1.95. The maximum absolute atomic E-state index is 13.1. The highest BCUT2D eigenvalue weighted by atomic mass is 19.1. The van der Waals surface area contributed by atoms with E-state index >= 15 is 0 Å². The molecule has 0 saturated carbocycles. The molecule has 0 aliphatic carbocycles. The van der Waals surface area contributed by atoms with Gasteiger partial charge in [-0.1, -0.05) is 5.92 Å². The summed E-state index contributed by atoms with van der Waals surface area (Å²) in [6.45, 7) is 0. The van der Waals surface area contributed by atoms with Crippen LogP contribution < -0.4 is 5.73 Å². The van der Waals surface area contributed by atoms with Crippen LogP contribution in [0.3, 0.4) is 0 Å². The maximum Gasteiger partial charge on any atom is 0.384 e. The van der Waals surface area contributed by atoms with Gasteiger partial charge in [-0.2, -0.15) is 0 Å². The first kappa shape index (κ1) is 10.1. The highest BCUT2D eigenvalue weighted by Crippen LogP contribution is 2.10. The van der Waals surface area contributed by atoms with Crippen molar-refractivity contribution < 1.29 is 13.9 Å². The third-order valence-electron chi connectivity index (χ3n) is 1.48. The quantitative estimate of drug-likeness (QED) is 0.379. The summed E-state index contributed by atoms with van der Waals surface area (Å²) in [6.07, 6.45) is 0. The Bertz CT molecular complexity index is 418. The first-order chi connectivity index (χ1) is 6.63. The minimum absolute atomic E-state index is 0.115. The Kier molecular flexibility index (Phi) is 3.08. The number of esters is 1. The zero-order valence-electron chi connectivity index (χ0n) is 7.50. The van der Waals surface area contributed by atoms with Gasteiger partial charge in [0, 0.05) is 11.6 Å². The summed E-state index contributed by atoms with van der Waals surface area (Å²) >= 11 is 0. The van der Waals surface area contributed by atoms with Crippen LogP contribution in [0, 0.1) is 17.7 Å². The van der Waals surface area contributed by atoms with E-state index in [0.717, 1.165) is 6.07 Å². The van der Waals surface area contributed by atoms with Crippen LogP contribution in [-0.2, 0) is 9.53 Å². The summed E-state index contributed by atoms with van der Waals surface area (Å²) in [7, 11) is 1.20. The SMILES string of the molecule is COC(=O)C#Cc1ccc(N)cc1F. The molecule has 4 heteroatoms. The second-order valence-electron chi connectivity index (χ2n) is 2.48. The number of halogens is 1. The number of carbonyl (C=O) groups excluding carboxylic acids is 1. The van der Waals surface area contributed by atoms with Crippen LogP contribution in [0.15, 0.2) is 18.2 Å². The molecule has 0 bridgehead atoms. The summed E-state index contributed by atoms with van der Waals surface area (Å²) in [4.78, 5) is 10.6. The Hall–Kier alpha value is -2.02. The first-order valence-corrected chi connectivity index (χ1v) is 3.78. The number of rotatable bonds is 0. The number of anilines is 1. The van der Waals surface area contributed by atoms with Crippen LogP contribution in [0.5, 0.6) is 0 Å². The Balaban J connectivity index is 2.96. The lowest BCUT2D eigenvalue weighted by molar-refractivity contribution is -0.133. The molecule has 0 unspecified atom stereocenters. The number of benzene rings is 1. The smallest absolute Gasteiger partial charge is 0.384 e. The minimum Gasteiger partial charge on any atom is -0.459 e. The van der Waals surface area contributed by atoms with Crippen molar-refractivity contribution in [2.24, 2.45) is 0 Å². The molecule has 14 heavy (non-hydrogen) atoms. The molecule has 0 atom stereocenters. The van der Waals surface area contributed by atoms with Crippen LogP contribution in [0.2, 0.25) is 0 Å². The van der Waals surface area contributed by atoms with Gasteiger partial charge < -0.3 is 10.5 Å². The van der Waals surface area contributed by atoms with Gasteiger partial charge in [0.1, 0.15) is 5.82 Å². The van der Waals surface area contributed by atoms with E-state index < -0.39 is 11.8 Å². The van der Waals surface area contributed by atoms with E-state index in [1.165, 1.54) is 19.2 Å². The third kappa shape index (κ3) is 2.49. The van der Waals surface area contributed by atoms with Crippen molar-refractivity contribution in [3.63, 3.8) is 0 Å². The van der Waals surface area contributed by atoms with Gasteiger partial charge in [0.15, 0.2) is 0 Å². The summed E-state index contributed by atoms with van der Waals surface area (Å²) in [5, 5.41) is 0. The van der Waals surface area contributed by atoms with E-state index in [1.807, 2.05) is 0 Å². The average molecular weight is 193 g/mol. The summed E-state index contributed by atoms with van der Waals surface area (Å²) < 4.78 is 17.3. The van der Waals surface area contributed by atoms with Crippen LogP contribution in [0.4, 0.5) is 10.1 Å². The molecule has 0 amide bonds. The topological polar surface area (TPSA) is 52.3 Å². The van der Waals surface area contributed by atoms with Gasteiger partial charge in [-0.15, -0.1) is 0 Å². The molecule has 1 rings (SSSR count). The molecule has 0 aliphatic heterocycles. The summed E-state index contributed by atoms with van der Waals surface area (Å²) in [5.41, 5.74) is 5.76. The lowest BCUT2D eigenvalue weighted by atomic mass is 10.2. The highest BCUT2D eigenvalue weighted by Gasteiger charge is 1.99. The second-order valence-corrected chi connectivity index (χ2v) is 2.48. The Morgan fingerprint density at radius 2 is 2.29 bits per heavy atom. The Labute approximate surface area is 80.7 Å². The molecule has 1 aromatic rings. The normalized spacial score (nSPS) is 8.71. The molecule has 1 aromatic carbocycles. The van der Waals surface area contributed by atoms with Crippen LogP contribution >= 0.6 is 0 Å². The standard InChI is InChI=1S/C10H8FNO2/c1-14-10(13)5-3-7-2-4-8(12)6-9(7)11/h2,4,6H,12H2,1H3. The highest BCUT2D eigenvalue weighted by molar-refractivity contribution is 5.89. The average Bonchev–Trinajstić information content (AvgIpc) is 2.16. The number of hydrogen-bond acceptors (Lipinski definition) is 3. The van der Waals surface area contributed by atoms with E-state index in [0.29, 0.717) is 5.69 Å². The van der Waals surface area contributed by atoms with Crippen LogP contribution in [0.25, 0.3) is 0 Å². The van der Waals surface area contributed by atoms with Gasteiger partial charge in [0.05, 0.1) is 12.7 Å². The molecular formula is C10H8FNO2. The van der Waals surface area contributed by atoms with Crippen molar-refractivity contribution >= 4 is 11.7 Å². The Morgan fingerprint density at radius 1 is 1.57 bits per heavy atom. The summed E-state index contributed by atoms with van der Waals surface area (Å²) in [6, 6.07) is 4.05. The first-order valence-electron chi connectivity index (χ1n) is 3.78. The predicted molar refractivity (Wildman–Crippen MR) is 49.7 cm³/mol.